The lowest BCUT2D eigenvalue weighted by molar-refractivity contribution is 0.352. The maximum atomic E-state index is 10.9. The highest BCUT2D eigenvalue weighted by molar-refractivity contribution is 5.88. The van der Waals surface area contributed by atoms with E-state index >= 15 is 0 Å². The minimum atomic E-state index is 0.260. The van der Waals surface area contributed by atoms with Gasteiger partial charge in [-0.05, 0) is 86.4 Å². The molecule has 1 atom stereocenters. The van der Waals surface area contributed by atoms with Gasteiger partial charge in [0.25, 0.3) is 0 Å². The molecule has 0 heterocycles. The van der Waals surface area contributed by atoms with Gasteiger partial charge in [-0.3, -0.25) is 0 Å². The van der Waals surface area contributed by atoms with Gasteiger partial charge in [-0.25, -0.2) is 0 Å². The van der Waals surface area contributed by atoms with Crippen LogP contribution in [0, 0.1) is 0 Å². The second-order valence-electron chi connectivity index (χ2n) is 9.86. The van der Waals surface area contributed by atoms with Crippen molar-refractivity contribution in [2.45, 2.75) is 64.8 Å². The molecule has 1 aliphatic carbocycles. The average Bonchev–Trinajstić information content (AvgIpc) is 2.90. The number of phenolic OH excluding ortho intramolecular Hbond substituents is 1. The van der Waals surface area contributed by atoms with Gasteiger partial charge in [0.1, 0.15) is 5.75 Å². The van der Waals surface area contributed by atoms with Crippen molar-refractivity contribution in [3.05, 3.63) is 70.3 Å². The molecular weight excluding hydrogens is 448 g/mol. The maximum Gasteiger partial charge on any atom is 0.166 e. The Morgan fingerprint density at radius 3 is 2.42 bits per heavy atom. The molecule has 0 fully saturated rings. The molecule has 4 rings (SSSR count). The van der Waals surface area contributed by atoms with E-state index in [0.29, 0.717) is 29.6 Å². The molecular formula is C31H40N2O3. The number of methoxy groups -OCH3 is 2. The van der Waals surface area contributed by atoms with Crippen LogP contribution in [0.2, 0.25) is 0 Å². The van der Waals surface area contributed by atoms with Crippen molar-refractivity contribution in [3.8, 4) is 28.4 Å². The molecule has 1 unspecified atom stereocenters. The lowest BCUT2D eigenvalue weighted by atomic mass is 9.84. The summed E-state index contributed by atoms with van der Waals surface area (Å²) in [5, 5.41) is 14.5. The second kappa shape index (κ2) is 11.7. The highest BCUT2D eigenvalue weighted by atomic mass is 16.5. The molecule has 4 N–H and O–H groups in total. The van der Waals surface area contributed by atoms with Gasteiger partial charge in [0.2, 0.25) is 0 Å². The van der Waals surface area contributed by atoms with E-state index in [1.807, 2.05) is 12.1 Å². The molecule has 3 aromatic carbocycles. The molecule has 36 heavy (non-hydrogen) atoms. The number of ether oxygens (including phenoxy) is 2. The Morgan fingerprint density at radius 1 is 1.00 bits per heavy atom. The van der Waals surface area contributed by atoms with Crippen LogP contribution in [0.5, 0.6) is 17.2 Å². The van der Waals surface area contributed by atoms with Crippen LogP contribution in [0.3, 0.4) is 0 Å². The molecule has 0 saturated carbocycles. The Hall–Kier alpha value is -3.18. The van der Waals surface area contributed by atoms with E-state index < -0.39 is 0 Å². The van der Waals surface area contributed by atoms with E-state index in [1.165, 1.54) is 23.1 Å². The number of aromatic hydroxyl groups is 1. The molecule has 0 aromatic heterocycles. The summed E-state index contributed by atoms with van der Waals surface area (Å²) in [5.41, 5.74) is 14.9. The van der Waals surface area contributed by atoms with Crippen molar-refractivity contribution in [2.75, 3.05) is 26.5 Å². The number of aryl methyl sites for hydroxylation is 1. The van der Waals surface area contributed by atoms with Crippen LogP contribution < -0.4 is 20.5 Å². The van der Waals surface area contributed by atoms with Crippen LogP contribution in [0.4, 0.5) is 5.69 Å². The molecule has 0 radical (unpaired) electrons. The lowest BCUT2D eigenvalue weighted by Gasteiger charge is -2.24. The van der Waals surface area contributed by atoms with Gasteiger partial charge in [0, 0.05) is 34.8 Å². The zero-order valence-corrected chi connectivity index (χ0v) is 22.1. The Morgan fingerprint density at radius 2 is 1.72 bits per heavy atom. The lowest BCUT2D eigenvalue weighted by Crippen LogP contribution is -2.27. The number of anilines is 1. The van der Waals surface area contributed by atoms with Crippen LogP contribution >= 0.6 is 0 Å². The van der Waals surface area contributed by atoms with E-state index in [1.54, 1.807) is 20.3 Å². The van der Waals surface area contributed by atoms with Gasteiger partial charge in [0.15, 0.2) is 11.5 Å². The normalized spacial score (nSPS) is 13.8. The van der Waals surface area contributed by atoms with Gasteiger partial charge in [-0.15, -0.1) is 0 Å². The molecule has 5 heteroatoms. The number of nitrogen functional groups attached to an aromatic ring is 1. The largest absolute Gasteiger partial charge is 0.507 e. The third-order valence-electron chi connectivity index (χ3n) is 7.52. The maximum absolute atomic E-state index is 10.9. The number of fused-ring (bicyclic) bond motifs is 1. The zero-order valence-electron chi connectivity index (χ0n) is 22.1. The summed E-state index contributed by atoms with van der Waals surface area (Å²) in [6.45, 7) is 5.39. The second-order valence-corrected chi connectivity index (χ2v) is 9.86. The topological polar surface area (TPSA) is 76.7 Å². The van der Waals surface area contributed by atoms with Crippen molar-refractivity contribution >= 4 is 5.69 Å². The van der Waals surface area contributed by atoms with E-state index in [-0.39, 0.29) is 5.75 Å². The molecule has 1 aliphatic rings. The van der Waals surface area contributed by atoms with Gasteiger partial charge >= 0.3 is 0 Å². The van der Waals surface area contributed by atoms with Crippen LogP contribution in [-0.2, 0) is 25.7 Å². The standard InChI is InChI=1S/C31H40N2O3/c1-5-20(2)33-17-16-21-10-12-22(13-11-21)18-26-30(32)25(19-28(35-3)31(26)36-4)29-24-9-7-6-8-23(24)14-15-27(29)34/h10-15,19-20,33-34H,5-9,16-18,32H2,1-4H3. The Labute approximate surface area is 215 Å². The average molecular weight is 489 g/mol. The first kappa shape index (κ1) is 25.9. The summed E-state index contributed by atoms with van der Waals surface area (Å²) in [5.74, 6) is 1.53. The molecule has 0 amide bonds. The van der Waals surface area contributed by atoms with Crippen LogP contribution in [0.15, 0.2) is 42.5 Å². The summed E-state index contributed by atoms with van der Waals surface area (Å²) >= 11 is 0. The first-order valence-electron chi connectivity index (χ1n) is 13.1. The van der Waals surface area contributed by atoms with Crippen LogP contribution in [0.1, 0.15) is 60.9 Å². The monoisotopic (exact) mass is 488 g/mol. The number of hydrogen-bond donors (Lipinski definition) is 3. The summed E-state index contributed by atoms with van der Waals surface area (Å²) in [6, 6.07) is 15.0. The van der Waals surface area contributed by atoms with Crippen LogP contribution in [-0.4, -0.2) is 31.9 Å². The third kappa shape index (κ3) is 5.46. The molecule has 0 bridgehead atoms. The number of hydrogen-bond acceptors (Lipinski definition) is 5. The van der Waals surface area contributed by atoms with Gasteiger partial charge in [-0.2, -0.15) is 0 Å². The fraction of sp³-hybridized carbons (Fsp3) is 0.419. The quantitative estimate of drug-likeness (QED) is 0.303. The molecule has 0 saturated heterocycles. The van der Waals surface area contributed by atoms with E-state index in [2.05, 4.69) is 43.4 Å². The zero-order chi connectivity index (χ0) is 25.7. The van der Waals surface area contributed by atoms with Crippen molar-refractivity contribution in [1.29, 1.82) is 0 Å². The number of benzene rings is 3. The summed E-state index contributed by atoms with van der Waals surface area (Å²) < 4.78 is 11.5. The number of nitrogens with one attached hydrogen (secondary N) is 1. The predicted molar refractivity (Wildman–Crippen MR) is 148 cm³/mol. The first-order valence-corrected chi connectivity index (χ1v) is 13.1. The Kier molecular flexibility index (Phi) is 8.42. The summed E-state index contributed by atoms with van der Waals surface area (Å²) in [6.07, 6.45) is 7.00. The highest BCUT2D eigenvalue weighted by Crippen LogP contribution is 2.47. The molecule has 0 spiro atoms. The summed E-state index contributed by atoms with van der Waals surface area (Å²) in [4.78, 5) is 0. The van der Waals surface area contributed by atoms with Crippen LogP contribution in [0.25, 0.3) is 11.1 Å². The van der Waals surface area contributed by atoms with Crippen molar-refractivity contribution < 1.29 is 14.6 Å². The minimum Gasteiger partial charge on any atom is -0.507 e. The Bertz CT molecular complexity index is 1190. The summed E-state index contributed by atoms with van der Waals surface area (Å²) in [7, 11) is 3.29. The van der Waals surface area contributed by atoms with E-state index in [9.17, 15) is 5.11 Å². The molecule has 192 valence electrons. The first-order chi connectivity index (χ1) is 17.5. The third-order valence-corrected chi connectivity index (χ3v) is 7.52. The van der Waals surface area contributed by atoms with Crippen molar-refractivity contribution in [1.82, 2.24) is 5.32 Å². The Balaban J connectivity index is 1.69. The number of rotatable bonds is 10. The number of nitrogens with two attached hydrogens (primary N) is 1. The predicted octanol–water partition coefficient (Wildman–Crippen LogP) is 6.06. The molecule has 3 aromatic rings. The molecule has 0 aliphatic heterocycles. The van der Waals surface area contributed by atoms with Gasteiger partial charge in [-0.1, -0.05) is 37.3 Å². The van der Waals surface area contributed by atoms with Gasteiger partial charge in [0.05, 0.1) is 14.2 Å². The molecule has 5 nitrogen and oxygen atoms in total. The van der Waals surface area contributed by atoms with Gasteiger partial charge < -0.3 is 25.6 Å². The van der Waals surface area contributed by atoms with Crippen molar-refractivity contribution in [3.63, 3.8) is 0 Å². The number of phenols is 1. The smallest absolute Gasteiger partial charge is 0.166 e. The fourth-order valence-corrected chi connectivity index (χ4v) is 5.22. The van der Waals surface area contributed by atoms with E-state index in [0.717, 1.165) is 60.9 Å². The SMILES string of the molecule is CCC(C)NCCc1ccc(Cc2c(N)c(-c3c(O)ccc4c3CCCC4)cc(OC)c2OC)cc1. The van der Waals surface area contributed by atoms with E-state index in [4.69, 9.17) is 15.2 Å². The van der Waals surface area contributed by atoms with Crippen molar-refractivity contribution in [2.24, 2.45) is 0 Å². The minimum absolute atomic E-state index is 0.260. The fourth-order valence-electron chi connectivity index (χ4n) is 5.22. The highest BCUT2D eigenvalue weighted by Gasteiger charge is 2.24.